The van der Waals surface area contributed by atoms with Crippen molar-refractivity contribution < 1.29 is 24.5 Å². The van der Waals surface area contributed by atoms with Gasteiger partial charge < -0.3 is 25.4 Å². The number of ether oxygens (including phenoxy) is 2. The highest BCUT2D eigenvalue weighted by Crippen LogP contribution is 2.39. The van der Waals surface area contributed by atoms with Crippen molar-refractivity contribution in [2.24, 2.45) is 5.11 Å². The Morgan fingerprint density at radius 1 is 1.65 bits per heavy atom. The molecule has 4 atom stereocenters. The van der Waals surface area contributed by atoms with Crippen LogP contribution in [0.4, 0.5) is 5.82 Å². The number of hydrogen-bond acceptors (Lipinski definition) is 9. The molecule has 12 heteroatoms. The van der Waals surface area contributed by atoms with E-state index in [4.69, 9.17) is 20.7 Å². The van der Waals surface area contributed by atoms with E-state index in [1.54, 1.807) is 0 Å². The van der Waals surface area contributed by atoms with E-state index in [-0.39, 0.29) is 12.2 Å². The van der Waals surface area contributed by atoms with Crippen molar-refractivity contribution in [2.75, 3.05) is 12.3 Å². The molecule has 12 nitrogen and oxygen atoms in total. The highest BCUT2D eigenvalue weighted by molar-refractivity contribution is 5.69. The highest BCUT2D eigenvalue weighted by atomic mass is 16.6. The van der Waals surface area contributed by atoms with Gasteiger partial charge in [-0.15, -0.1) is 0 Å². The standard InChI is InChI=1S/C14H20N6O6/c1-2-3-4-9(22)25-11-10(23)12(26-14(11,7-21)18-19-16)20-6-5-8(15)17-13(20)24/h5-6,10-12,21,23H,2-4,7H2,1H3,(H2,15,17,24)/t10-,11-,12+,14+/m0/s1. The van der Waals surface area contributed by atoms with Gasteiger partial charge in [-0.3, -0.25) is 9.36 Å². The number of azide groups is 1. The number of aliphatic hydroxyl groups excluding tert-OH is 2. The maximum absolute atomic E-state index is 12.0. The van der Waals surface area contributed by atoms with Crippen LogP contribution in [0.5, 0.6) is 0 Å². The first kappa shape index (κ1) is 19.7. The van der Waals surface area contributed by atoms with Crippen LogP contribution in [0.2, 0.25) is 0 Å². The Morgan fingerprint density at radius 3 is 2.96 bits per heavy atom. The number of aliphatic hydroxyl groups is 2. The Balaban J connectivity index is 2.38. The summed E-state index contributed by atoms with van der Waals surface area (Å²) in [7, 11) is 0. The lowest BCUT2D eigenvalue weighted by molar-refractivity contribution is -0.168. The minimum Gasteiger partial charge on any atom is -0.456 e. The first-order chi connectivity index (χ1) is 12.4. The third kappa shape index (κ3) is 3.78. The van der Waals surface area contributed by atoms with Crippen molar-refractivity contribution in [1.29, 1.82) is 0 Å². The average Bonchev–Trinajstić information content (AvgIpc) is 2.87. The molecule has 142 valence electrons. The van der Waals surface area contributed by atoms with Gasteiger partial charge in [-0.2, -0.15) is 4.98 Å². The van der Waals surface area contributed by atoms with Crippen LogP contribution in [0, 0.1) is 0 Å². The molecular weight excluding hydrogens is 348 g/mol. The van der Waals surface area contributed by atoms with Crippen molar-refractivity contribution in [2.45, 2.75) is 50.3 Å². The zero-order chi connectivity index (χ0) is 19.3. The topological polar surface area (TPSA) is 186 Å². The smallest absolute Gasteiger partial charge is 0.351 e. The molecule has 2 rings (SSSR count). The Morgan fingerprint density at radius 2 is 2.38 bits per heavy atom. The molecule has 1 aromatic heterocycles. The SMILES string of the molecule is CCCCC(=O)O[C@H]1[C@H](O)[C@H](n2ccc(N)nc2=O)O[C@@]1(CO)N=[N+]=[N-]. The largest absolute Gasteiger partial charge is 0.456 e. The Bertz CT molecular complexity index is 763. The van der Waals surface area contributed by atoms with Crippen molar-refractivity contribution in [3.8, 4) is 0 Å². The summed E-state index contributed by atoms with van der Waals surface area (Å²) >= 11 is 0. The maximum atomic E-state index is 12.0. The molecule has 1 aromatic rings. The van der Waals surface area contributed by atoms with Gasteiger partial charge in [-0.05, 0) is 18.0 Å². The number of aromatic nitrogens is 2. The van der Waals surface area contributed by atoms with Gasteiger partial charge in [0.15, 0.2) is 12.3 Å². The average molecular weight is 368 g/mol. The molecule has 0 radical (unpaired) electrons. The van der Waals surface area contributed by atoms with Gasteiger partial charge in [-0.1, -0.05) is 18.5 Å². The highest BCUT2D eigenvalue weighted by Gasteiger charge is 2.57. The van der Waals surface area contributed by atoms with Gasteiger partial charge in [0.1, 0.15) is 11.9 Å². The third-order valence-corrected chi connectivity index (χ3v) is 3.93. The summed E-state index contributed by atoms with van der Waals surface area (Å²) < 4.78 is 11.6. The van der Waals surface area contributed by atoms with E-state index in [9.17, 15) is 19.8 Å². The molecule has 0 spiro atoms. The molecule has 4 N–H and O–H groups in total. The summed E-state index contributed by atoms with van der Waals surface area (Å²) in [6.07, 6.45) is -1.92. The molecule has 0 unspecified atom stereocenters. The number of unbranched alkanes of at least 4 members (excludes halogenated alkanes) is 1. The lowest BCUT2D eigenvalue weighted by atomic mass is 10.1. The molecule has 26 heavy (non-hydrogen) atoms. The van der Waals surface area contributed by atoms with Crippen molar-refractivity contribution >= 4 is 11.8 Å². The number of carbonyl (C=O) groups excluding carboxylic acids is 1. The summed E-state index contributed by atoms with van der Waals surface area (Å²) in [5.41, 5.74) is 11.3. The predicted octanol–water partition coefficient (Wildman–Crippen LogP) is -0.184. The summed E-state index contributed by atoms with van der Waals surface area (Å²) in [6, 6.07) is 1.30. The molecule has 0 amide bonds. The molecule has 1 fully saturated rings. The van der Waals surface area contributed by atoms with Crippen LogP contribution in [0.3, 0.4) is 0 Å². The summed E-state index contributed by atoms with van der Waals surface area (Å²) in [4.78, 5) is 30.1. The molecule has 2 heterocycles. The number of rotatable bonds is 7. The Kier molecular flexibility index (Phi) is 6.16. The van der Waals surface area contributed by atoms with Crippen LogP contribution >= 0.6 is 0 Å². The molecule has 1 aliphatic rings. The van der Waals surface area contributed by atoms with Crippen molar-refractivity contribution in [3.05, 3.63) is 33.2 Å². The van der Waals surface area contributed by atoms with Crippen LogP contribution in [0.25, 0.3) is 10.4 Å². The van der Waals surface area contributed by atoms with Gasteiger partial charge in [-0.25, -0.2) is 4.79 Å². The second kappa shape index (κ2) is 8.15. The summed E-state index contributed by atoms with van der Waals surface area (Å²) in [5, 5.41) is 23.6. The van der Waals surface area contributed by atoms with Gasteiger partial charge >= 0.3 is 11.7 Å². The molecule has 0 aromatic carbocycles. The lowest BCUT2D eigenvalue weighted by Crippen LogP contribution is -2.47. The van der Waals surface area contributed by atoms with Gasteiger partial charge in [0.05, 0.1) is 6.61 Å². The van der Waals surface area contributed by atoms with E-state index >= 15 is 0 Å². The first-order valence-electron chi connectivity index (χ1n) is 7.95. The number of nitrogens with two attached hydrogens (primary N) is 1. The van der Waals surface area contributed by atoms with Gasteiger partial charge in [0.25, 0.3) is 0 Å². The molecular formula is C14H20N6O6. The zero-order valence-corrected chi connectivity index (χ0v) is 14.1. The fourth-order valence-electron chi connectivity index (χ4n) is 2.60. The van der Waals surface area contributed by atoms with Crippen LogP contribution < -0.4 is 11.4 Å². The summed E-state index contributed by atoms with van der Waals surface area (Å²) in [5.74, 6) is -0.696. The molecule has 1 aliphatic heterocycles. The predicted molar refractivity (Wildman–Crippen MR) is 87.4 cm³/mol. The number of nitrogens with zero attached hydrogens (tertiary/aromatic N) is 5. The van der Waals surface area contributed by atoms with Crippen LogP contribution in [0.15, 0.2) is 22.2 Å². The third-order valence-electron chi connectivity index (χ3n) is 3.93. The number of carbonyl (C=O) groups is 1. The monoisotopic (exact) mass is 368 g/mol. The minimum atomic E-state index is -2.08. The fourth-order valence-corrected chi connectivity index (χ4v) is 2.60. The molecule has 0 bridgehead atoms. The Labute approximate surface area is 147 Å². The van der Waals surface area contributed by atoms with Crippen LogP contribution in [-0.2, 0) is 14.3 Å². The normalized spacial score (nSPS) is 27.7. The first-order valence-corrected chi connectivity index (χ1v) is 7.95. The molecule has 0 saturated carbocycles. The zero-order valence-electron chi connectivity index (χ0n) is 14.1. The Hall–Kier alpha value is -2.66. The minimum absolute atomic E-state index is 0.0373. The number of anilines is 1. The lowest BCUT2D eigenvalue weighted by Gasteiger charge is -2.27. The van der Waals surface area contributed by atoms with E-state index < -0.39 is 42.4 Å². The number of esters is 1. The van der Waals surface area contributed by atoms with Gasteiger partial charge in [0, 0.05) is 17.5 Å². The number of nitrogen functional groups attached to an aromatic ring is 1. The van der Waals surface area contributed by atoms with E-state index in [1.807, 2.05) is 6.92 Å². The van der Waals surface area contributed by atoms with Gasteiger partial charge in [0.2, 0.25) is 5.72 Å². The van der Waals surface area contributed by atoms with Crippen molar-refractivity contribution in [3.63, 3.8) is 0 Å². The van der Waals surface area contributed by atoms with E-state index in [1.165, 1.54) is 12.3 Å². The fraction of sp³-hybridized carbons (Fsp3) is 0.643. The molecule has 1 saturated heterocycles. The van der Waals surface area contributed by atoms with Crippen LogP contribution in [-0.4, -0.2) is 50.3 Å². The van der Waals surface area contributed by atoms with E-state index in [2.05, 4.69) is 15.0 Å². The van der Waals surface area contributed by atoms with E-state index in [0.29, 0.717) is 6.42 Å². The maximum Gasteiger partial charge on any atom is 0.351 e. The quantitative estimate of drug-likeness (QED) is 0.256. The van der Waals surface area contributed by atoms with E-state index in [0.717, 1.165) is 11.0 Å². The molecule has 0 aliphatic carbocycles. The van der Waals surface area contributed by atoms with Crippen LogP contribution in [0.1, 0.15) is 32.4 Å². The summed E-state index contributed by atoms with van der Waals surface area (Å²) in [6.45, 7) is 1.00. The number of hydrogen-bond donors (Lipinski definition) is 3. The van der Waals surface area contributed by atoms with Crippen molar-refractivity contribution in [1.82, 2.24) is 9.55 Å². The second-order valence-corrected chi connectivity index (χ2v) is 5.75. The second-order valence-electron chi connectivity index (χ2n) is 5.75.